The van der Waals surface area contributed by atoms with Crippen LogP contribution < -0.4 is 5.32 Å². The van der Waals surface area contributed by atoms with E-state index in [0.29, 0.717) is 11.5 Å². The third kappa shape index (κ3) is 1.76. The molecule has 0 saturated heterocycles. The number of para-hydroxylation sites is 1. The number of benzene rings is 1. The second-order valence-electron chi connectivity index (χ2n) is 4.38. The smallest absolute Gasteiger partial charge is 0.165 e. The molecule has 0 spiro atoms. The van der Waals surface area contributed by atoms with Gasteiger partial charge in [0, 0.05) is 11.8 Å². The fraction of sp³-hybridized carbons (Fsp3) is 0. The summed E-state index contributed by atoms with van der Waals surface area (Å²) in [6, 6.07) is 13.6. The molecule has 5 heteroatoms. The minimum atomic E-state index is 0.646. The standard InChI is InChI=1S/C15H10N4O/c1-2-4-10(5-3-1)18-14-11-8-13-12(6-7-20-13)19-15(11)17-9-16-14/h1-9H,(H,16,17,18,19). The first-order valence-electron chi connectivity index (χ1n) is 6.21. The molecule has 3 heterocycles. The molecule has 0 bridgehead atoms. The number of hydrogen-bond acceptors (Lipinski definition) is 5. The summed E-state index contributed by atoms with van der Waals surface area (Å²) in [7, 11) is 0. The van der Waals surface area contributed by atoms with Crippen LogP contribution in [0.2, 0.25) is 0 Å². The lowest BCUT2D eigenvalue weighted by molar-refractivity contribution is 0.616. The van der Waals surface area contributed by atoms with Crippen molar-refractivity contribution >= 4 is 33.6 Å². The third-order valence-electron chi connectivity index (χ3n) is 3.07. The van der Waals surface area contributed by atoms with Crippen molar-refractivity contribution in [3.63, 3.8) is 0 Å². The van der Waals surface area contributed by atoms with Gasteiger partial charge in [-0.1, -0.05) is 18.2 Å². The zero-order valence-corrected chi connectivity index (χ0v) is 10.4. The van der Waals surface area contributed by atoms with Gasteiger partial charge in [-0.05, 0) is 18.2 Å². The fourth-order valence-electron chi connectivity index (χ4n) is 2.13. The van der Waals surface area contributed by atoms with Gasteiger partial charge in [0.2, 0.25) is 0 Å². The Morgan fingerprint density at radius 1 is 1.00 bits per heavy atom. The fourth-order valence-corrected chi connectivity index (χ4v) is 2.13. The molecule has 0 amide bonds. The van der Waals surface area contributed by atoms with E-state index in [-0.39, 0.29) is 0 Å². The van der Waals surface area contributed by atoms with Gasteiger partial charge >= 0.3 is 0 Å². The number of pyridine rings is 1. The highest BCUT2D eigenvalue weighted by Gasteiger charge is 2.08. The Labute approximate surface area is 114 Å². The van der Waals surface area contributed by atoms with Crippen molar-refractivity contribution in [2.24, 2.45) is 0 Å². The monoisotopic (exact) mass is 262 g/mol. The molecule has 4 rings (SSSR count). The summed E-state index contributed by atoms with van der Waals surface area (Å²) < 4.78 is 5.39. The van der Waals surface area contributed by atoms with E-state index in [1.165, 1.54) is 6.33 Å². The number of nitrogens with zero attached hydrogens (tertiary/aromatic N) is 3. The first kappa shape index (κ1) is 10.9. The van der Waals surface area contributed by atoms with Crippen molar-refractivity contribution in [2.45, 2.75) is 0 Å². The normalized spacial score (nSPS) is 11.0. The molecule has 3 aromatic heterocycles. The Balaban J connectivity index is 1.90. The van der Waals surface area contributed by atoms with Crippen molar-refractivity contribution < 1.29 is 4.42 Å². The zero-order chi connectivity index (χ0) is 13.4. The number of hydrogen-bond donors (Lipinski definition) is 1. The lowest BCUT2D eigenvalue weighted by Crippen LogP contribution is -1.96. The van der Waals surface area contributed by atoms with Crippen LogP contribution in [0.5, 0.6) is 0 Å². The molecule has 0 atom stereocenters. The molecular formula is C15H10N4O. The average molecular weight is 262 g/mol. The van der Waals surface area contributed by atoms with Gasteiger partial charge < -0.3 is 9.73 Å². The van der Waals surface area contributed by atoms with Gasteiger partial charge in [0.05, 0.1) is 11.6 Å². The largest absolute Gasteiger partial charge is 0.463 e. The maximum absolute atomic E-state index is 5.39. The lowest BCUT2D eigenvalue weighted by Gasteiger charge is -2.07. The summed E-state index contributed by atoms with van der Waals surface area (Å²) in [6.45, 7) is 0. The highest BCUT2D eigenvalue weighted by Crippen LogP contribution is 2.25. The minimum absolute atomic E-state index is 0.646. The van der Waals surface area contributed by atoms with E-state index in [1.54, 1.807) is 6.26 Å². The molecule has 20 heavy (non-hydrogen) atoms. The lowest BCUT2D eigenvalue weighted by atomic mass is 10.2. The molecule has 0 aliphatic carbocycles. The van der Waals surface area contributed by atoms with Gasteiger partial charge in [-0.15, -0.1) is 0 Å². The second-order valence-corrected chi connectivity index (χ2v) is 4.38. The summed E-state index contributed by atoms with van der Waals surface area (Å²) in [5.74, 6) is 0.715. The molecular weight excluding hydrogens is 252 g/mol. The van der Waals surface area contributed by atoms with E-state index in [1.807, 2.05) is 42.5 Å². The van der Waals surface area contributed by atoms with Crippen LogP contribution in [-0.4, -0.2) is 15.0 Å². The zero-order valence-electron chi connectivity index (χ0n) is 10.4. The minimum Gasteiger partial charge on any atom is -0.463 e. The molecule has 0 radical (unpaired) electrons. The van der Waals surface area contributed by atoms with Gasteiger partial charge in [0.1, 0.15) is 17.7 Å². The summed E-state index contributed by atoms with van der Waals surface area (Å²) in [4.78, 5) is 13.0. The number of rotatable bonds is 2. The SMILES string of the molecule is c1ccc(Nc2ncnc3nc4ccoc4cc23)cc1. The number of aromatic nitrogens is 3. The first-order chi connectivity index (χ1) is 9.90. The average Bonchev–Trinajstić information content (AvgIpc) is 2.94. The molecule has 96 valence electrons. The van der Waals surface area contributed by atoms with Gasteiger partial charge in [-0.3, -0.25) is 0 Å². The van der Waals surface area contributed by atoms with Crippen LogP contribution in [0.25, 0.3) is 22.1 Å². The predicted molar refractivity (Wildman–Crippen MR) is 76.8 cm³/mol. The summed E-state index contributed by atoms with van der Waals surface area (Å²) in [6.07, 6.45) is 3.13. The Bertz CT molecular complexity index is 886. The van der Waals surface area contributed by atoms with E-state index in [4.69, 9.17) is 4.42 Å². The Morgan fingerprint density at radius 3 is 2.80 bits per heavy atom. The molecule has 4 aromatic rings. The molecule has 0 unspecified atom stereocenters. The van der Waals surface area contributed by atoms with Crippen LogP contribution in [0.4, 0.5) is 11.5 Å². The highest BCUT2D eigenvalue weighted by atomic mass is 16.3. The van der Waals surface area contributed by atoms with Crippen LogP contribution >= 0.6 is 0 Å². The van der Waals surface area contributed by atoms with Crippen molar-refractivity contribution in [2.75, 3.05) is 5.32 Å². The van der Waals surface area contributed by atoms with Gasteiger partial charge in [-0.2, -0.15) is 0 Å². The molecule has 1 aromatic carbocycles. The number of anilines is 2. The number of fused-ring (bicyclic) bond motifs is 2. The predicted octanol–water partition coefficient (Wildman–Crippen LogP) is 3.51. The highest BCUT2D eigenvalue weighted by molar-refractivity contribution is 5.95. The third-order valence-corrected chi connectivity index (χ3v) is 3.07. The van der Waals surface area contributed by atoms with Crippen molar-refractivity contribution in [3.05, 3.63) is 55.1 Å². The van der Waals surface area contributed by atoms with Crippen LogP contribution in [-0.2, 0) is 0 Å². The van der Waals surface area contributed by atoms with E-state index < -0.39 is 0 Å². The van der Waals surface area contributed by atoms with E-state index in [0.717, 1.165) is 22.2 Å². The van der Waals surface area contributed by atoms with E-state index >= 15 is 0 Å². The van der Waals surface area contributed by atoms with Crippen LogP contribution in [0.3, 0.4) is 0 Å². The Hall–Kier alpha value is -2.95. The van der Waals surface area contributed by atoms with Crippen molar-refractivity contribution in [1.29, 1.82) is 0 Å². The van der Waals surface area contributed by atoms with Gasteiger partial charge in [0.25, 0.3) is 0 Å². The summed E-state index contributed by atoms with van der Waals surface area (Å²) >= 11 is 0. The molecule has 1 N–H and O–H groups in total. The topological polar surface area (TPSA) is 63.8 Å². The van der Waals surface area contributed by atoms with E-state index in [9.17, 15) is 0 Å². The molecule has 0 aliphatic rings. The maximum atomic E-state index is 5.39. The van der Waals surface area contributed by atoms with Crippen molar-refractivity contribution in [1.82, 2.24) is 15.0 Å². The molecule has 0 saturated carbocycles. The Kier molecular flexibility index (Phi) is 2.35. The van der Waals surface area contributed by atoms with Crippen molar-refractivity contribution in [3.8, 4) is 0 Å². The van der Waals surface area contributed by atoms with Crippen LogP contribution in [0.1, 0.15) is 0 Å². The Morgan fingerprint density at radius 2 is 1.90 bits per heavy atom. The second kappa shape index (κ2) is 4.31. The summed E-state index contributed by atoms with van der Waals surface area (Å²) in [5.41, 5.74) is 3.13. The molecule has 0 aliphatic heterocycles. The molecule has 5 nitrogen and oxygen atoms in total. The van der Waals surface area contributed by atoms with E-state index in [2.05, 4.69) is 20.3 Å². The first-order valence-corrected chi connectivity index (χ1v) is 6.21. The number of furan rings is 1. The quantitative estimate of drug-likeness (QED) is 0.598. The van der Waals surface area contributed by atoms with Gasteiger partial charge in [0.15, 0.2) is 11.2 Å². The van der Waals surface area contributed by atoms with Crippen LogP contribution in [0.15, 0.2) is 59.5 Å². The molecule has 0 fully saturated rings. The van der Waals surface area contributed by atoms with Crippen LogP contribution in [0, 0.1) is 0 Å². The summed E-state index contributed by atoms with van der Waals surface area (Å²) in [5, 5.41) is 4.10. The van der Waals surface area contributed by atoms with Gasteiger partial charge in [-0.25, -0.2) is 15.0 Å². The number of nitrogens with one attached hydrogen (secondary N) is 1. The maximum Gasteiger partial charge on any atom is 0.165 e.